The first-order valence-corrected chi connectivity index (χ1v) is 23.8. The van der Waals surface area contributed by atoms with Crippen LogP contribution < -0.4 is 0 Å². The summed E-state index contributed by atoms with van der Waals surface area (Å²) in [5.41, 5.74) is 2.39. The molecule has 0 amide bonds. The average Bonchev–Trinajstić information content (AvgIpc) is 3.47. The van der Waals surface area contributed by atoms with Gasteiger partial charge < -0.3 is 0 Å². The standard InChI is InChI=1S/C15H11.C13H9.C2H6Si.2ClH.Zr/c1-2-6-12(7-3-1)15-11-10-13-8-4-5-9-14(13)15;1-3-7-12-10(5-1)9-11-6-2-4-8-13(11)12;1-3-2;;;/h1-11H;1-9H;1-2H3;2*1H;/q2*-1;;;;+2/p-2. The maximum atomic E-state index is 5.62. The van der Waals surface area contributed by atoms with E-state index in [9.17, 15) is 0 Å². The quantitative estimate of drug-likeness (QED) is 0.135. The predicted octanol–water partition coefficient (Wildman–Crippen LogP) is 10.1. The van der Waals surface area contributed by atoms with Gasteiger partial charge in [0.05, 0.1) is 0 Å². The third-order valence-electron chi connectivity index (χ3n) is 5.67. The normalized spacial score (nSPS) is 10.4. The second kappa shape index (κ2) is 12.1. The van der Waals surface area contributed by atoms with E-state index in [1.807, 2.05) is 0 Å². The van der Waals surface area contributed by atoms with Gasteiger partial charge in [-0.15, -0.1) is 86.4 Å². The van der Waals surface area contributed by atoms with E-state index in [1.54, 1.807) is 0 Å². The Hall–Kier alpha value is -1.96. The molecule has 4 heteroatoms. The fourth-order valence-electron chi connectivity index (χ4n) is 3.92. The molecule has 0 aliphatic heterocycles. The third kappa shape index (κ3) is 6.18. The SMILES string of the molecule is C[Si](C)=[Zr]([Cl])[Cl].c1ccc(-c2c[cH-]c3ccccc23)cc1.c1ccc2c(c1)[cH-]c1ccccc12. The summed E-state index contributed by atoms with van der Waals surface area (Å²) in [6.07, 6.45) is 0. The molecule has 34 heavy (non-hydrogen) atoms. The minimum Gasteiger partial charge on any atom is -0.150 e. The maximum Gasteiger partial charge on any atom is -0.0623 e. The van der Waals surface area contributed by atoms with Crippen LogP contribution in [0.15, 0.2) is 121 Å². The van der Waals surface area contributed by atoms with Gasteiger partial charge in [0.15, 0.2) is 0 Å². The van der Waals surface area contributed by atoms with Gasteiger partial charge in [-0.05, 0) is 0 Å². The van der Waals surface area contributed by atoms with Gasteiger partial charge in [0.1, 0.15) is 0 Å². The molecule has 0 radical (unpaired) electrons. The Labute approximate surface area is 216 Å². The first-order chi connectivity index (χ1) is 16.5. The Morgan fingerprint density at radius 3 is 1.56 bits per heavy atom. The predicted molar refractivity (Wildman–Crippen MR) is 151 cm³/mol. The number of hydrogen-bond donors (Lipinski definition) is 0. The summed E-state index contributed by atoms with van der Waals surface area (Å²) >= 11 is -1.65. The smallest absolute Gasteiger partial charge is 0.0623 e. The van der Waals surface area contributed by atoms with Gasteiger partial charge in [0.2, 0.25) is 0 Å². The van der Waals surface area contributed by atoms with E-state index < -0.39 is 18.0 Å². The van der Waals surface area contributed by atoms with Crippen LogP contribution >= 0.6 is 17.0 Å². The minimum atomic E-state index is -1.65. The summed E-state index contributed by atoms with van der Waals surface area (Å²) in [5.74, 6) is 0. The number of hydrogen-bond acceptors (Lipinski definition) is 0. The molecule has 6 aromatic carbocycles. The van der Waals surface area contributed by atoms with Crippen LogP contribution in [0.4, 0.5) is 0 Å². The van der Waals surface area contributed by atoms with Gasteiger partial charge in [-0.1, -0.05) is 78.4 Å². The van der Waals surface area contributed by atoms with E-state index >= 15 is 0 Å². The molecular formula is C30H26Cl2SiZr-2. The van der Waals surface area contributed by atoms with Crippen molar-refractivity contribution < 1.29 is 18.0 Å². The molecule has 170 valence electrons. The summed E-state index contributed by atoms with van der Waals surface area (Å²) in [6.45, 7) is 4.33. The molecule has 0 saturated heterocycles. The van der Waals surface area contributed by atoms with Crippen LogP contribution in [-0.2, 0) is 18.0 Å². The van der Waals surface area contributed by atoms with E-state index in [4.69, 9.17) is 17.0 Å². The molecule has 0 aliphatic rings. The molecule has 0 N–H and O–H groups in total. The van der Waals surface area contributed by atoms with E-state index in [0.29, 0.717) is 0 Å². The van der Waals surface area contributed by atoms with Gasteiger partial charge in [-0.3, -0.25) is 0 Å². The molecular weight excluding hydrogens is 551 g/mol. The van der Waals surface area contributed by atoms with Crippen LogP contribution in [-0.4, -0.2) is 5.43 Å². The first kappa shape index (κ1) is 25.1. The topological polar surface area (TPSA) is 0 Å². The average molecular weight is 577 g/mol. The van der Waals surface area contributed by atoms with Crippen molar-refractivity contribution in [1.82, 2.24) is 0 Å². The van der Waals surface area contributed by atoms with Crippen LogP contribution in [0.2, 0.25) is 13.1 Å². The molecule has 0 saturated carbocycles. The Kier molecular flexibility index (Phi) is 8.98. The maximum absolute atomic E-state index is 5.62. The monoisotopic (exact) mass is 574 g/mol. The molecule has 0 spiro atoms. The Morgan fingerprint density at radius 1 is 0.588 bits per heavy atom. The third-order valence-corrected chi connectivity index (χ3v) is 25.4. The Balaban J connectivity index is 0.000000132. The summed E-state index contributed by atoms with van der Waals surface area (Å²) in [4.78, 5) is 0. The Bertz CT molecular complexity index is 1480. The fraction of sp³-hybridized carbons (Fsp3) is 0.0667. The van der Waals surface area contributed by atoms with E-state index in [0.717, 1.165) is 0 Å². The summed E-state index contributed by atoms with van der Waals surface area (Å²) in [5, 5.41) is 8.05. The number of benzene rings is 4. The van der Waals surface area contributed by atoms with Gasteiger partial charge in [-0.25, -0.2) is 0 Å². The van der Waals surface area contributed by atoms with Gasteiger partial charge in [0, 0.05) is 0 Å². The van der Waals surface area contributed by atoms with E-state index in [2.05, 4.69) is 134 Å². The summed E-state index contributed by atoms with van der Waals surface area (Å²) in [6, 6.07) is 42.7. The molecule has 0 nitrogen and oxygen atoms in total. The van der Waals surface area contributed by atoms with Crippen LogP contribution in [0.25, 0.3) is 43.4 Å². The summed E-state index contributed by atoms with van der Waals surface area (Å²) in [7, 11) is 11.2. The van der Waals surface area contributed by atoms with Crippen LogP contribution in [0.5, 0.6) is 0 Å². The molecule has 6 rings (SSSR count). The van der Waals surface area contributed by atoms with Gasteiger partial charge >= 0.3 is 53.5 Å². The number of fused-ring (bicyclic) bond motifs is 4. The molecule has 0 unspecified atom stereocenters. The zero-order chi connectivity index (χ0) is 23.9. The van der Waals surface area contributed by atoms with Crippen LogP contribution in [0, 0.1) is 0 Å². The summed E-state index contributed by atoms with van der Waals surface area (Å²) < 4.78 is 0. The fourth-order valence-corrected chi connectivity index (χ4v) is 3.92. The van der Waals surface area contributed by atoms with Gasteiger partial charge in [-0.2, -0.15) is 0 Å². The number of rotatable bonds is 1. The van der Waals surface area contributed by atoms with Crippen LogP contribution in [0.1, 0.15) is 0 Å². The second-order valence-corrected chi connectivity index (χ2v) is 31.3. The molecule has 0 heterocycles. The largest absolute Gasteiger partial charge is 0.150 e. The van der Waals surface area contributed by atoms with Crippen molar-refractivity contribution in [2.45, 2.75) is 13.1 Å². The number of halogens is 2. The van der Waals surface area contributed by atoms with E-state index in [-0.39, 0.29) is 5.43 Å². The van der Waals surface area contributed by atoms with Crippen molar-refractivity contribution in [3.8, 4) is 11.1 Å². The van der Waals surface area contributed by atoms with Crippen molar-refractivity contribution >= 4 is 54.8 Å². The van der Waals surface area contributed by atoms with Crippen molar-refractivity contribution in [2.24, 2.45) is 0 Å². The molecule has 6 aromatic rings. The Morgan fingerprint density at radius 2 is 1.03 bits per heavy atom. The molecule has 0 aromatic heterocycles. The van der Waals surface area contributed by atoms with Gasteiger partial charge in [0.25, 0.3) is 0 Å². The van der Waals surface area contributed by atoms with Crippen molar-refractivity contribution in [1.29, 1.82) is 0 Å². The van der Waals surface area contributed by atoms with Crippen molar-refractivity contribution in [3.63, 3.8) is 0 Å². The molecule has 0 bridgehead atoms. The molecule has 0 fully saturated rings. The van der Waals surface area contributed by atoms with Crippen molar-refractivity contribution in [3.05, 3.63) is 121 Å². The second-order valence-electron chi connectivity index (χ2n) is 8.28. The zero-order valence-electron chi connectivity index (χ0n) is 19.3. The molecule has 0 atom stereocenters. The first-order valence-electron chi connectivity index (χ1n) is 11.3. The van der Waals surface area contributed by atoms with Crippen LogP contribution in [0.3, 0.4) is 0 Å². The zero-order valence-corrected chi connectivity index (χ0v) is 24.3. The molecule has 0 aliphatic carbocycles. The van der Waals surface area contributed by atoms with Crippen molar-refractivity contribution in [2.75, 3.05) is 0 Å². The minimum absolute atomic E-state index is 0.224. The van der Waals surface area contributed by atoms with E-state index in [1.165, 1.54) is 43.4 Å².